The second-order valence-electron chi connectivity index (χ2n) is 7.01. The van der Waals surface area contributed by atoms with Crippen LogP contribution in [0.3, 0.4) is 0 Å². The Hall–Kier alpha value is -2.59. The van der Waals surface area contributed by atoms with Gasteiger partial charge in [-0.2, -0.15) is 0 Å². The van der Waals surface area contributed by atoms with Gasteiger partial charge in [-0.3, -0.25) is 4.79 Å². The molecule has 2 aromatic rings. The third-order valence-electron chi connectivity index (χ3n) is 4.77. The molecule has 0 aromatic heterocycles. The first-order chi connectivity index (χ1) is 12.6. The van der Waals surface area contributed by atoms with Gasteiger partial charge in [-0.1, -0.05) is 48.0 Å². The lowest BCUT2D eigenvalue weighted by Crippen LogP contribution is -2.47. The van der Waals surface area contributed by atoms with E-state index in [4.69, 9.17) is 0 Å². The molecule has 1 heterocycles. The van der Waals surface area contributed by atoms with E-state index in [1.165, 1.54) is 5.57 Å². The molecule has 4 heteroatoms. The second-order valence-corrected chi connectivity index (χ2v) is 7.01. The van der Waals surface area contributed by atoms with Crippen LogP contribution in [0.1, 0.15) is 29.8 Å². The van der Waals surface area contributed by atoms with Gasteiger partial charge in [0.25, 0.3) is 5.91 Å². The first-order valence-electron chi connectivity index (χ1n) is 9.13. The van der Waals surface area contributed by atoms with Gasteiger partial charge in [-0.05, 0) is 38.6 Å². The normalized spacial score (nSPS) is 14.8. The van der Waals surface area contributed by atoms with Crippen LogP contribution in [0.15, 0.2) is 60.2 Å². The van der Waals surface area contributed by atoms with Crippen molar-refractivity contribution >= 4 is 17.3 Å². The molecule has 3 rings (SSSR count). The van der Waals surface area contributed by atoms with E-state index in [2.05, 4.69) is 43.2 Å². The lowest BCUT2D eigenvalue weighted by molar-refractivity contribution is 0.0665. The van der Waals surface area contributed by atoms with Crippen LogP contribution in [0.25, 0.3) is 5.70 Å². The fourth-order valence-electron chi connectivity index (χ4n) is 3.18. The van der Waals surface area contributed by atoms with Gasteiger partial charge in [-0.25, -0.2) is 0 Å². The zero-order valence-electron chi connectivity index (χ0n) is 15.8. The third-order valence-corrected chi connectivity index (χ3v) is 4.77. The fraction of sp³-hybridized carbons (Fsp3) is 0.318. The van der Waals surface area contributed by atoms with Crippen molar-refractivity contribution in [2.75, 3.05) is 38.5 Å². The lowest BCUT2D eigenvalue weighted by Gasteiger charge is -2.33. The molecule has 4 nitrogen and oxygen atoms in total. The van der Waals surface area contributed by atoms with Crippen molar-refractivity contribution in [1.82, 2.24) is 9.80 Å². The number of likely N-dealkylation sites (N-methyl/N-ethyl adjacent to an activating group) is 1. The summed E-state index contributed by atoms with van der Waals surface area (Å²) in [6.07, 6.45) is 0. The molecule has 136 valence electrons. The fourth-order valence-corrected chi connectivity index (χ4v) is 3.18. The van der Waals surface area contributed by atoms with E-state index in [0.29, 0.717) is 0 Å². The Morgan fingerprint density at radius 3 is 2.15 bits per heavy atom. The Bertz CT molecular complexity index is 786. The molecular weight excluding hydrogens is 322 g/mol. The van der Waals surface area contributed by atoms with Crippen LogP contribution < -0.4 is 5.32 Å². The zero-order valence-corrected chi connectivity index (χ0v) is 15.8. The molecule has 0 bridgehead atoms. The van der Waals surface area contributed by atoms with Crippen LogP contribution >= 0.6 is 0 Å². The van der Waals surface area contributed by atoms with Crippen LogP contribution in [0.4, 0.5) is 5.69 Å². The van der Waals surface area contributed by atoms with Gasteiger partial charge in [0.05, 0.1) is 11.3 Å². The second kappa shape index (κ2) is 8.19. The number of benzene rings is 2. The van der Waals surface area contributed by atoms with Gasteiger partial charge in [0.1, 0.15) is 0 Å². The number of hydrogen-bond acceptors (Lipinski definition) is 3. The number of para-hydroxylation sites is 1. The van der Waals surface area contributed by atoms with Crippen molar-refractivity contribution in [2.45, 2.75) is 13.8 Å². The molecule has 0 saturated carbocycles. The van der Waals surface area contributed by atoms with Gasteiger partial charge in [0.15, 0.2) is 0 Å². The molecule has 1 amide bonds. The largest absolute Gasteiger partial charge is 0.354 e. The number of rotatable bonds is 4. The summed E-state index contributed by atoms with van der Waals surface area (Å²) in [6, 6.07) is 18.0. The number of nitrogens with one attached hydrogen (secondary N) is 1. The lowest BCUT2D eigenvalue weighted by atomic mass is 10.1. The summed E-state index contributed by atoms with van der Waals surface area (Å²) >= 11 is 0. The average molecular weight is 349 g/mol. The zero-order chi connectivity index (χ0) is 18.5. The summed E-state index contributed by atoms with van der Waals surface area (Å²) in [4.78, 5) is 17.3. The van der Waals surface area contributed by atoms with Gasteiger partial charge < -0.3 is 15.1 Å². The molecule has 0 aliphatic carbocycles. The smallest absolute Gasteiger partial charge is 0.256 e. The number of piperazine rings is 1. The van der Waals surface area contributed by atoms with Crippen LogP contribution in [0, 0.1) is 0 Å². The molecule has 1 aliphatic rings. The average Bonchev–Trinajstić information content (AvgIpc) is 2.67. The predicted molar refractivity (Wildman–Crippen MR) is 108 cm³/mol. The third kappa shape index (κ3) is 4.14. The van der Waals surface area contributed by atoms with Crippen molar-refractivity contribution in [3.05, 3.63) is 71.3 Å². The summed E-state index contributed by atoms with van der Waals surface area (Å²) in [7, 11) is 2.10. The number of amides is 1. The number of hydrogen-bond donors (Lipinski definition) is 1. The van der Waals surface area contributed by atoms with E-state index in [1.807, 2.05) is 47.4 Å². The monoisotopic (exact) mass is 349 g/mol. The number of anilines is 1. The van der Waals surface area contributed by atoms with Gasteiger partial charge in [0.2, 0.25) is 0 Å². The Labute approximate surface area is 156 Å². The predicted octanol–water partition coefficient (Wildman–Crippen LogP) is 3.94. The highest BCUT2D eigenvalue weighted by atomic mass is 16.2. The molecule has 1 fully saturated rings. The molecule has 0 radical (unpaired) electrons. The summed E-state index contributed by atoms with van der Waals surface area (Å²) in [6.45, 7) is 7.56. The Kier molecular flexibility index (Phi) is 5.74. The van der Waals surface area contributed by atoms with Gasteiger partial charge in [0, 0.05) is 31.9 Å². The minimum Gasteiger partial charge on any atom is -0.354 e. The molecule has 0 unspecified atom stereocenters. The topological polar surface area (TPSA) is 35.6 Å². The van der Waals surface area contributed by atoms with Crippen molar-refractivity contribution in [1.29, 1.82) is 0 Å². The highest BCUT2D eigenvalue weighted by Crippen LogP contribution is 2.25. The standard InChI is InChI=1S/C22H27N3O/c1-17(2)21(18-9-5-4-6-10-18)23-20-12-8-7-11-19(20)22(26)25-15-13-24(3)14-16-25/h4-12,23H,13-16H2,1-3H3. The van der Waals surface area contributed by atoms with Crippen LogP contribution in [-0.2, 0) is 0 Å². The summed E-state index contributed by atoms with van der Waals surface area (Å²) < 4.78 is 0. The molecule has 2 aromatic carbocycles. The van der Waals surface area contributed by atoms with Crippen molar-refractivity contribution in [3.63, 3.8) is 0 Å². The number of allylic oxidation sites excluding steroid dienone is 1. The van der Waals surface area contributed by atoms with Crippen LogP contribution in [0.5, 0.6) is 0 Å². The maximum Gasteiger partial charge on any atom is 0.256 e. The Morgan fingerprint density at radius 2 is 1.50 bits per heavy atom. The Balaban J connectivity index is 1.87. The summed E-state index contributed by atoms with van der Waals surface area (Å²) in [5.74, 6) is 0.0994. The molecule has 1 aliphatic heterocycles. The quantitative estimate of drug-likeness (QED) is 0.908. The minimum absolute atomic E-state index is 0.0994. The van der Waals surface area contributed by atoms with Crippen molar-refractivity contribution in [3.8, 4) is 0 Å². The number of carbonyl (C=O) groups excluding carboxylic acids is 1. The molecule has 26 heavy (non-hydrogen) atoms. The van der Waals surface area contributed by atoms with E-state index in [-0.39, 0.29) is 5.91 Å². The van der Waals surface area contributed by atoms with Crippen molar-refractivity contribution in [2.24, 2.45) is 0 Å². The van der Waals surface area contributed by atoms with Gasteiger partial charge in [-0.15, -0.1) is 0 Å². The summed E-state index contributed by atoms with van der Waals surface area (Å²) in [5, 5.41) is 3.51. The molecular formula is C22H27N3O. The minimum atomic E-state index is 0.0994. The number of carbonyl (C=O) groups is 1. The van der Waals surface area contributed by atoms with Crippen molar-refractivity contribution < 1.29 is 4.79 Å². The van der Waals surface area contributed by atoms with E-state index in [0.717, 1.165) is 48.7 Å². The molecule has 1 N–H and O–H groups in total. The van der Waals surface area contributed by atoms with E-state index >= 15 is 0 Å². The number of nitrogens with zero attached hydrogens (tertiary/aromatic N) is 2. The summed E-state index contributed by atoms with van der Waals surface area (Å²) in [5.41, 5.74) is 4.93. The van der Waals surface area contributed by atoms with E-state index < -0.39 is 0 Å². The van der Waals surface area contributed by atoms with E-state index in [1.54, 1.807) is 0 Å². The van der Waals surface area contributed by atoms with E-state index in [9.17, 15) is 4.79 Å². The first kappa shape index (κ1) is 18.2. The SMILES string of the molecule is CC(C)=C(Nc1ccccc1C(=O)N1CCN(C)CC1)c1ccccc1. The molecule has 0 atom stereocenters. The Morgan fingerprint density at radius 1 is 0.885 bits per heavy atom. The van der Waals surface area contributed by atoms with Crippen LogP contribution in [-0.4, -0.2) is 48.9 Å². The molecule has 0 spiro atoms. The van der Waals surface area contributed by atoms with Crippen LogP contribution in [0.2, 0.25) is 0 Å². The maximum absolute atomic E-state index is 13.1. The highest BCUT2D eigenvalue weighted by molar-refractivity contribution is 6.01. The first-order valence-corrected chi connectivity index (χ1v) is 9.13. The highest BCUT2D eigenvalue weighted by Gasteiger charge is 2.22. The molecule has 1 saturated heterocycles. The van der Waals surface area contributed by atoms with Gasteiger partial charge >= 0.3 is 0 Å². The maximum atomic E-state index is 13.1.